The molecule has 0 amide bonds. The second kappa shape index (κ2) is 9.42. The Labute approximate surface area is 167 Å². The first kappa shape index (κ1) is 19.2. The number of aromatic nitrogens is 3. The van der Waals surface area contributed by atoms with Crippen LogP contribution in [0.4, 0.5) is 0 Å². The summed E-state index contributed by atoms with van der Waals surface area (Å²) < 4.78 is 7.30. The van der Waals surface area contributed by atoms with Crippen LogP contribution in [0.15, 0.2) is 53.7 Å². The van der Waals surface area contributed by atoms with Crippen LogP contribution in [-0.4, -0.2) is 28.5 Å². The number of hydrogen-bond acceptors (Lipinski definition) is 4. The SMILES string of the molecule is COCCCn1c(SCc2cccc(Cl)c2)nnc1-c1ccccc1Cl. The minimum Gasteiger partial charge on any atom is -0.385 e. The van der Waals surface area contributed by atoms with Crippen molar-refractivity contribution >= 4 is 35.0 Å². The lowest BCUT2D eigenvalue weighted by Crippen LogP contribution is -2.05. The van der Waals surface area contributed by atoms with E-state index in [-0.39, 0.29) is 0 Å². The maximum Gasteiger partial charge on any atom is 0.191 e. The monoisotopic (exact) mass is 407 g/mol. The zero-order valence-electron chi connectivity index (χ0n) is 14.4. The molecule has 0 saturated heterocycles. The van der Waals surface area contributed by atoms with Gasteiger partial charge in [0.2, 0.25) is 0 Å². The smallest absolute Gasteiger partial charge is 0.191 e. The minimum absolute atomic E-state index is 0.666. The van der Waals surface area contributed by atoms with Gasteiger partial charge in [0.25, 0.3) is 0 Å². The average molecular weight is 408 g/mol. The first-order chi connectivity index (χ1) is 12.7. The quantitative estimate of drug-likeness (QED) is 0.360. The van der Waals surface area contributed by atoms with Crippen molar-refractivity contribution in [1.82, 2.24) is 14.8 Å². The second-order valence-corrected chi connectivity index (χ2v) is 7.49. The minimum atomic E-state index is 0.666. The molecular weight excluding hydrogens is 389 g/mol. The number of methoxy groups -OCH3 is 1. The molecule has 0 aliphatic carbocycles. The number of nitrogens with zero attached hydrogens (tertiary/aromatic N) is 3. The molecule has 136 valence electrons. The van der Waals surface area contributed by atoms with E-state index in [1.807, 2.05) is 42.5 Å². The van der Waals surface area contributed by atoms with Crippen LogP contribution in [0.5, 0.6) is 0 Å². The first-order valence-electron chi connectivity index (χ1n) is 8.23. The normalized spacial score (nSPS) is 11.0. The molecule has 0 N–H and O–H groups in total. The van der Waals surface area contributed by atoms with Crippen LogP contribution < -0.4 is 0 Å². The van der Waals surface area contributed by atoms with Gasteiger partial charge in [-0.15, -0.1) is 10.2 Å². The van der Waals surface area contributed by atoms with Crippen molar-refractivity contribution in [3.05, 3.63) is 64.1 Å². The van der Waals surface area contributed by atoms with Gasteiger partial charge in [-0.1, -0.05) is 59.2 Å². The molecule has 1 heterocycles. The number of halogens is 2. The lowest BCUT2D eigenvalue weighted by molar-refractivity contribution is 0.189. The zero-order chi connectivity index (χ0) is 18.4. The lowest BCUT2D eigenvalue weighted by atomic mass is 10.2. The molecule has 26 heavy (non-hydrogen) atoms. The fourth-order valence-electron chi connectivity index (χ4n) is 2.58. The van der Waals surface area contributed by atoms with Crippen LogP contribution in [0.1, 0.15) is 12.0 Å². The van der Waals surface area contributed by atoms with E-state index in [9.17, 15) is 0 Å². The molecule has 0 spiro atoms. The molecule has 3 rings (SSSR count). The van der Waals surface area contributed by atoms with Gasteiger partial charge in [0.15, 0.2) is 11.0 Å². The molecule has 4 nitrogen and oxygen atoms in total. The van der Waals surface area contributed by atoms with Crippen molar-refractivity contribution in [2.45, 2.75) is 23.9 Å². The standard InChI is InChI=1S/C19H19Cl2N3OS/c1-25-11-5-10-24-18(16-8-2-3-9-17(16)21)22-23-19(24)26-13-14-6-4-7-15(20)12-14/h2-4,6-9,12H,5,10-11,13H2,1H3. The molecule has 0 unspecified atom stereocenters. The lowest BCUT2D eigenvalue weighted by Gasteiger charge is -2.11. The molecule has 0 bridgehead atoms. The van der Waals surface area contributed by atoms with Crippen LogP contribution >= 0.6 is 35.0 Å². The van der Waals surface area contributed by atoms with Crippen LogP contribution in [0.25, 0.3) is 11.4 Å². The Kier molecular flexibility index (Phi) is 6.97. The Morgan fingerprint density at radius 3 is 2.69 bits per heavy atom. The Hall–Kier alpha value is -1.53. The van der Waals surface area contributed by atoms with Gasteiger partial charge in [0, 0.05) is 36.6 Å². The summed E-state index contributed by atoms with van der Waals surface area (Å²) in [5, 5.41) is 11.1. The highest BCUT2D eigenvalue weighted by molar-refractivity contribution is 7.98. The molecule has 0 radical (unpaired) electrons. The fraction of sp³-hybridized carbons (Fsp3) is 0.263. The molecule has 0 atom stereocenters. The number of thioether (sulfide) groups is 1. The average Bonchev–Trinajstić information content (AvgIpc) is 3.03. The predicted molar refractivity (Wildman–Crippen MR) is 108 cm³/mol. The van der Waals surface area contributed by atoms with Crippen LogP contribution in [0.2, 0.25) is 10.0 Å². The van der Waals surface area contributed by atoms with E-state index in [4.69, 9.17) is 27.9 Å². The molecule has 0 saturated carbocycles. The Bertz CT molecular complexity index is 869. The highest BCUT2D eigenvalue weighted by atomic mass is 35.5. The number of ether oxygens (including phenoxy) is 1. The summed E-state index contributed by atoms with van der Waals surface area (Å²) in [6, 6.07) is 15.5. The van der Waals surface area contributed by atoms with Crippen LogP contribution in [0, 0.1) is 0 Å². The zero-order valence-corrected chi connectivity index (χ0v) is 16.7. The van der Waals surface area contributed by atoms with Gasteiger partial charge in [-0.05, 0) is 36.2 Å². The number of benzene rings is 2. The molecule has 3 aromatic rings. The van der Waals surface area contributed by atoms with Crippen molar-refractivity contribution < 1.29 is 4.74 Å². The third-order valence-electron chi connectivity index (χ3n) is 3.82. The third kappa shape index (κ3) is 4.80. The van der Waals surface area contributed by atoms with Crippen molar-refractivity contribution in [1.29, 1.82) is 0 Å². The summed E-state index contributed by atoms with van der Waals surface area (Å²) in [6.07, 6.45) is 0.872. The van der Waals surface area contributed by atoms with Gasteiger partial charge in [-0.25, -0.2) is 0 Å². The molecule has 0 aliphatic rings. The van der Waals surface area contributed by atoms with E-state index in [1.165, 1.54) is 0 Å². The van der Waals surface area contributed by atoms with E-state index < -0.39 is 0 Å². The molecule has 0 aliphatic heterocycles. The first-order valence-corrected chi connectivity index (χ1v) is 9.97. The molecule has 2 aromatic carbocycles. The van der Waals surface area contributed by atoms with Crippen LogP contribution in [-0.2, 0) is 17.0 Å². The molecule has 0 fully saturated rings. The van der Waals surface area contributed by atoms with E-state index in [0.29, 0.717) is 11.6 Å². The summed E-state index contributed by atoms with van der Waals surface area (Å²) in [4.78, 5) is 0. The maximum absolute atomic E-state index is 6.36. The van der Waals surface area contributed by atoms with Crippen molar-refractivity contribution in [3.8, 4) is 11.4 Å². The topological polar surface area (TPSA) is 39.9 Å². The highest BCUT2D eigenvalue weighted by Crippen LogP contribution is 2.30. The maximum atomic E-state index is 6.36. The van der Waals surface area contributed by atoms with Crippen LogP contribution in [0.3, 0.4) is 0 Å². The summed E-state index contributed by atoms with van der Waals surface area (Å²) in [6.45, 7) is 1.44. The van der Waals surface area contributed by atoms with Gasteiger partial charge in [0.1, 0.15) is 0 Å². The summed E-state index contributed by atoms with van der Waals surface area (Å²) in [5.41, 5.74) is 2.03. The summed E-state index contributed by atoms with van der Waals surface area (Å²) in [7, 11) is 1.70. The highest BCUT2D eigenvalue weighted by Gasteiger charge is 2.16. The Morgan fingerprint density at radius 2 is 1.92 bits per heavy atom. The Morgan fingerprint density at radius 1 is 1.08 bits per heavy atom. The van der Waals surface area contributed by atoms with Gasteiger partial charge in [0.05, 0.1) is 5.02 Å². The fourth-order valence-corrected chi connectivity index (χ4v) is 3.92. The van der Waals surface area contributed by atoms with Gasteiger partial charge in [-0.2, -0.15) is 0 Å². The summed E-state index contributed by atoms with van der Waals surface area (Å²) in [5.74, 6) is 1.55. The van der Waals surface area contributed by atoms with Crippen molar-refractivity contribution in [2.75, 3.05) is 13.7 Å². The molecule has 1 aromatic heterocycles. The third-order valence-corrected chi connectivity index (χ3v) is 5.42. The largest absolute Gasteiger partial charge is 0.385 e. The van der Waals surface area contributed by atoms with Crippen molar-refractivity contribution in [3.63, 3.8) is 0 Å². The molecular formula is C19H19Cl2N3OS. The number of rotatable bonds is 8. The van der Waals surface area contributed by atoms with Gasteiger partial charge >= 0.3 is 0 Å². The molecule has 7 heteroatoms. The second-order valence-electron chi connectivity index (χ2n) is 5.70. The van der Waals surface area contributed by atoms with E-state index >= 15 is 0 Å². The van der Waals surface area contributed by atoms with E-state index in [0.717, 1.165) is 45.8 Å². The van der Waals surface area contributed by atoms with E-state index in [1.54, 1.807) is 18.9 Å². The van der Waals surface area contributed by atoms with E-state index in [2.05, 4.69) is 20.8 Å². The predicted octanol–water partition coefficient (Wildman–Crippen LogP) is 5.58. The number of hydrogen-bond donors (Lipinski definition) is 0. The van der Waals surface area contributed by atoms with Crippen molar-refractivity contribution in [2.24, 2.45) is 0 Å². The summed E-state index contributed by atoms with van der Waals surface area (Å²) >= 11 is 14.1. The Balaban J connectivity index is 1.85. The van der Waals surface area contributed by atoms with Gasteiger partial charge in [-0.3, -0.25) is 0 Å². The van der Waals surface area contributed by atoms with Gasteiger partial charge < -0.3 is 9.30 Å².